The summed E-state index contributed by atoms with van der Waals surface area (Å²) in [5.41, 5.74) is 3.37. The highest BCUT2D eigenvalue weighted by Gasteiger charge is 2.33. The lowest BCUT2D eigenvalue weighted by Crippen LogP contribution is -2.35. The molecule has 0 spiro atoms. The molecule has 2 aliphatic heterocycles. The van der Waals surface area contributed by atoms with Gasteiger partial charge in [-0.25, -0.2) is 18.1 Å². The normalized spacial score (nSPS) is 20.3. The predicted molar refractivity (Wildman–Crippen MR) is 126 cm³/mol. The van der Waals surface area contributed by atoms with E-state index in [0.717, 1.165) is 43.7 Å². The van der Waals surface area contributed by atoms with E-state index in [1.165, 1.54) is 0 Å². The Bertz CT molecular complexity index is 1310. The number of hydrogen-bond acceptors (Lipinski definition) is 6. The molecule has 2 aromatic heterocycles. The summed E-state index contributed by atoms with van der Waals surface area (Å²) in [6, 6.07) is 9.12. The molecule has 1 atom stereocenters. The molecule has 2 saturated heterocycles. The van der Waals surface area contributed by atoms with Gasteiger partial charge in [0.15, 0.2) is 15.5 Å². The molecule has 0 bridgehead atoms. The third-order valence-electron chi connectivity index (χ3n) is 6.65. The quantitative estimate of drug-likeness (QED) is 0.583. The molecule has 8 nitrogen and oxygen atoms in total. The zero-order chi connectivity index (χ0) is 23.2. The Labute approximate surface area is 193 Å². The van der Waals surface area contributed by atoms with Crippen LogP contribution in [0.25, 0.3) is 22.3 Å². The molecule has 33 heavy (non-hydrogen) atoms. The van der Waals surface area contributed by atoms with Crippen LogP contribution in [0.5, 0.6) is 5.75 Å². The number of aryl methyl sites for hydroxylation is 1. The summed E-state index contributed by atoms with van der Waals surface area (Å²) in [6.45, 7) is 3.35. The summed E-state index contributed by atoms with van der Waals surface area (Å²) in [6.07, 6.45) is 3.65. The monoisotopic (exact) mass is 468 g/mol. The first-order chi connectivity index (χ1) is 15.9. The Morgan fingerprint density at radius 1 is 1.12 bits per heavy atom. The lowest BCUT2D eigenvalue weighted by molar-refractivity contribution is 0.0726. The van der Waals surface area contributed by atoms with Crippen molar-refractivity contribution < 1.29 is 17.9 Å². The van der Waals surface area contributed by atoms with Crippen LogP contribution in [-0.2, 0) is 9.84 Å². The fourth-order valence-corrected chi connectivity index (χ4v) is 6.57. The van der Waals surface area contributed by atoms with Gasteiger partial charge in [-0.2, -0.15) is 5.10 Å². The molecule has 0 N–H and O–H groups in total. The van der Waals surface area contributed by atoms with Crippen LogP contribution in [0.3, 0.4) is 0 Å². The minimum atomic E-state index is -3.09. The summed E-state index contributed by atoms with van der Waals surface area (Å²) in [7, 11) is -1.48. The number of nitrogens with zero attached hydrogens (tertiary/aromatic N) is 4. The number of pyridine rings is 1. The van der Waals surface area contributed by atoms with Gasteiger partial charge in [0, 0.05) is 18.7 Å². The van der Waals surface area contributed by atoms with Crippen LogP contribution in [0.15, 0.2) is 30.3 Å². The van der Waals surface area contributed by atoms with Crippen molar-refractivity contribution in [2.75, 3.05) is 31.7 Å². The zero-order valence-electron chi connectivity index (χ0n) is 19.0. The lowest BCUT2D eigenvalue weighted by Gasteiger charge is -2.27. The van der Waals surface area contributed by atoms with Gasteiger partial charge < -0.3 is 9.64 Å². The van der Waals surface area contributed by atoms with Crippen LogP contribution in [0.1, 0.15) is 47.8 Å². The minimum Gasteiger partial charge on any atom is -0.497 e. The van der Waals surface area contributed by atoms with Crippen molar-refractivity contribution in [1.29, 1.82) is 0 Å². The predicted octanol–water partition coefficient (Wildman–Crippen LogP) is 3.40. The van der Waals surface area contributed by atoms with Crippen LogP contribution >= 0.6 is 0 Å². The van der Waals surface area contributed by atoms with Crippen LogP contribution < -0.4 is 4.74 Å². The molecule has 0 unspecified atom stereocenters. The Morgan fingerprint density at radius 3 is 2.48 bits per heavy atom. The largest absolute Gasteiger partial charge is 0.497 e. The van der Waals surface area contributed by atoms with Gasteiger partial charge in [-0.15, -0.1) is 0 Å². The number of rotatable bonds is 4. The maximum atomic E-state index is 13.6. The van der Waals surface area contributed by atoms with E-state index in [4.69, 9.17) is 9.72 Å². The smallest absolute Gasteiger partial charge is 0.254 e. The topological polar surface area (TPSA) is 94.4 Å². The molecule has 2 fully saturated rings. The molecular weight excluding hydrogens is 440 g/mol. The molecule has 9 heteroatoms. The second kappa shape index (κ2) is 8.44. The maximum absolute atomic E-state index is 13.6. The second-order valence-corrected chi connectivity index (χ2v) is 11.2. The van der Waals surface area contributed by atoms with E-state index in [2.05, 4.69) is 5.10 Å². The second-order valence-electron chi connectivity index (χ2n) is 8.92. The lowest BCUT2D eigenvalue weighted by atomic mass is 10.0. The first kappa shape index (κ1) is 21.9. The number of amides is 1. The van der Waals surface area contributed by atoms with Gasteiger partial charge in [0.2, 0.25) is 0 Å². The van der Waals surface area contributed by atoms with Gasteiger partial charge >= 0.3 is 0 Å². The number of ether oxygens (including phenoxy) is 1. The Balaban J connectivity index is 1.68. The van der Waals surface area contributed by atoms with Crippen molar-refractivity contribution in [2.24, 2.45) is 0 Å². The average Bonchev–Trinajstić information content (AvgIpc) is 3.37. The third-order valence-corrected chi connectivity index (χ3v) is 8.40. The Hall–Kier alpha value is -2.94. The summed E-state index contributed by atoms with van der Waals surface area (Å²) >= 11 is 0. The molecule has 174 valence electrons. The molecule has 4 heterocycles. The van der Waals surface area contributed by atoms with Crippen molar-refractivity contribution in [2.45, 2.75) is 38.6 Å². The van der Waals surface area contributed by atoms with Crippen molar-refractivity contribution in [1.82, 2.24) is 19.7 Å². The molecule has 0 saturated carbocycles. The molecule has 0 aliphatic carbocycles. The van der Waals surface area contributed by atoms with Gasteiger partial charge in [0.25, 0.3) is 5.91 Å². The van der Waals surface area contributed by atoms with Crippen molar-refractivity contribution in [3.8, 4) is 17.0 Å². The standard InChI is InChI=1S/C24H28N4O4S/c1-16-22-20(24(29)27-11-4-3-5-12-27)14-21(17-6-8-19(32-2)9-7-17)25-23(22)28(26-16)18-10-13-33(30,31)15-18/h6-9,14,18H,3-5,10-13,15H2,1-2H3/t18-/m1/s1. The van der Waals surface area contributed by atoms with Crippen LogP contribution in [-0.4, -0.2) is 65.7 Å². The summed E-state index contributed by atoms with van der Waals surface area (Å²) in [4.78, 5) is 20.4. The summed E-state index contributed by atoms with van der Waals surface area (Å²) in [5, 5.41) is 5.40. The van der Waals surface area contributed by atoms with Gasteiger partial charge in [-0.05, 0) is 62.9 Å². The van der Waals surface area contributed by atoms with E-state index in [1.807, 2.05) is 42.2 Å². The SMILES string of the molecule is COc1ccc(-c2cc(C(=O)N3CCCCC3)c3c(C)nn([C@@H]4CCS(=O)(=O)C4)c3n2)cc1. The average molecular weight is 469 g/mol. The highest BCUT2D eigenvalue weighted by Crippen LogP contribution is 2.33. The number of carbonyl (C=O) groups excluding carboxylic acids is 1. The number of likely N-dealkylation sites (tertiary alicyclic amines) is 1. The van der Waals surface area contributed by atoms with Gasteiger partial charge in [0.1, 0.15) is 5.75 Å². The van der Waals surface area contributed by atoms with E-state index >= 15 is 0 Å². The number of piperidine rings is 1. The van der Waals surface area contributed by atoms with Crippen molar-refractivity contribution in [3.05, 3.63) is 41.6 Å². The number of hydrogen-bond donors (Lipinski definition) is 0. The first-order valence-electron chi connectivity index (χ1n) is 11.4. The van der Waals surface area contributed by atoms with Gasteiger partial charge in [-0.1, -0.05) is 0 Å². The highest BCUT2D eigenvalue weighted by atomic mass is 32.2. The summed E-state index contributed by atoms with van der Waals surface area (Å²) in [5.74, 6) is 0.920. The number of sulfone groups is 1. The van der Waals surface area contributed by atoms with E-state index in [9.17, 15) is 13.2 Å². The Kier molecular flexibility index (Phi) is 5.60. The molecule has 0 radical (unpaired) electrons. The van der Waals surface area contributed by atoms with Gasteiger partial charge in [0.05, 0.1) is 47.0 Å². The van der Waals surface area contributed by atoms with E-state index < -0.39 is 9.84 Å². The van der Waals surface area contributed by atoms with E-state index in [-0.39, 0.29) is 23.5 Å². The number of carbonyl (C=O) groups is 1. The fourth-order valence-electron chi connectivity index (χ4n) is 4.88. The third kappa shape index (κ3) is 4.10. The van der Waals surface area contributed by atoms with E-state index in [0.29, 0.717) is 34.4 Å². The van der Waals surface area contributed by atoms with Crippen LogP contribution in [0.4, 0.5) is 0 Å². The minimum absolute atomic E-state index is 0.0152. The first-order valence-corrected chi connectivity index (χ1v) is 13.2. The van der Waals surface area contributed by atoms with Crippen molar-refractivity contribution >= 4 is 26.8 Å². The Morgan fingerprint density at radius 2 is 1.85 bits per heavy atom. The highest BCUT2D eigenvalue weighted by molar-refractivity contribution is 7.91. The number of aromatic nitrogens is 3. The number of methoxy groups -OCH3 is 1. The summed E-state index contributed by atoms with van der Waals surface area (Å²) < 4.78 is 31.3. The molecule has 3 aromatic rings. The fraction of sp³-hybridized carbons (Fsp3) is 0.458. The maximum Gasteiger partial charge on any atom is 0.254 e. The zero-order valence-corrected chi connectivity index (χ0v) is 19.8. The number of fused-ring (bicyclic) bond motifs is 1. The number of benzene rings is 1. The van der Waals surface area contributed by atoms with E-state index in [1.54, 1.807) is 11.8 Å². The van der Waals surface area contributed by atoms with Crippen LogP contribution in [0, 0.1) is 6.92 Å². The molecular formula is C24H28N4O4S. The molecule has 5 rings (SSSR count). The molecule has 1 amide bonds. The molecule has 2 aliphatic rings. The van der Waals surface area contributed by atoms with Gasteiger partial charge in [-0.3, -0.25) is 4.79 Å². The van der Waals surface area contributed by atoms with Crippen LogP contribution in [0.2, 0.25) is 0 Å². The van der Waals surface area contributed by atoms with Crippen molar-refractivity contribution in [3.63, 3.8) is 0 Å². The molecule has 1 aromatic carbocycles.